The van der Waals surface area contributed by atoms with Crippen molar-refractivity contribution in [2.45, 2.75) is 0 Å². The number of nitrogens with zero attached hydrogens (tertiary/aromatic N) is 4. The number of nitrogens with one attached hydrogen (secondary N) is 1. The van der Waals surface area contributed by atoms with Gasteiger partial charge in [0.1, 0.15) is 5.02 Å². The van der Waals surface area contributed by atoms with Gasteiger partial charge in [0, 0.05) is 18.2 Å². The molecular weight excluding hydrogens is 418 g/mol. The fourth-order valence-electron chi connectivity index (χ4n) is 2.24. The highest BCUT2D eigenvalue weighted by Gasteiger charge is 2.27. The molecule has 3 rings (SSSR count). The molecule has 1 aromatic heterocycles. The van der Waals surface area contributed by atoms with E-state index in [2.05, 4.69) is 10.3 Å². The van der Waals surface area contributed by atoms with Gasteiger partial charge in [0.05, 0.1) is 36.6 Å². The molecule has 1 N–H and O–H groups in total. The minimum atomic E-state index is -0.953. The van der Waals surface area contributed by atoms with Crippen LogP contribution in [0, 0.1) is 30.3 Å². The lowest BCUT2D eigenvalue weighted by Gasteiger charge is -2.05. The number of fused-ring (bicyclic) bond motifs is 1. The Morgan fingerprint density at radius 3 is 2.29 bits per heavy atom. The van der Waals surface area contributed by atoms with Gasteiger partial charge in [-0.05, 0) is 6.07 Å². The molecule has 0 radical (unpaired) electrons. The zero-order chi connectivity index (χ0) is 20.6. The Kier molecular flexibility index (Phi) is 4.85. The van der Waals surface area contributed by atoms with Crippen molar-refractivity contribution in [3.63, 3.8) is 0 Å². The van der Waals surface area contributed by atoms with Crippen LogP contribution >= 0.6 is 22.9 Å². The normalized spacial score (nSPS) is 10.6. The molecule has 0 aliphatic rings. The molecule has 0 unspecified atom stereocenters. The van der Waals surface area contributed by atoms with Gasteiger partial charge in [-0.15, -0.1) is 0 Å². The van der Waals surface area contributed by atoms with Gasteiger partial charge in [0.2, 0.25) is 0 Å². The first-order valence-electron chi connectivity index (χ1n) is 7.16. The Labute approximate surface area is 162 Å². The molecule has 1 heterocycles. The van der Waals surface area contributed by atoms with Crippen LogP contribution in [-0.4, -0.2) is 25.7 Å². The van der Waals surface area contributed by atoms with Crippen molar-refractivity contribution in [2.24, 2.45) is 0 Å². The number of nitro benzene ring substituents is 3. The molecule has 0 aliphatic carbocycles. The third kappa shape index (κ3) is 3.56. The summed E-state index contributed by atoms with van der Waals surface area (Å²) >= 11 is 6.78. The van der Waals surface area contributed by atoms with E-state index in [-0.39, 0.29) is 10.8 Å². The first-order chi connectivity index (χ1) is 13.2. The molecule has 0 fully saturated rings. The predicted molar refractivity (Wildman–Crippen MR) is 99.0 cm³/mol. The highest BCUT2D eigenvalue weighted by molar-refractivity contribution is 7.22. The van der Waals surface area contributed by atoms with Crippen molar-refractivity contribution < 1.29 is 19.6 Å². The number of carbonyl (C=O) groups excluding carboxylic acids is 1. The molecule has 0 saturated carbocycles. The third-order valence-electron chi connectivity index (χ3n) is 3.49. The summed E-state index contributed by atoms with van der Waals surface area (Å²) in [6, 6.07) is 5.37. The largest absolute Gasteiger partial charge is 0.298 e. The summed E-state index contributed by atoms with van der Waals surface area (Å²) in [5.41, 5.74) is -1.73. The van der Waals surface area contributed by atoms with Gasteiger partial charge < -0.3 is 0 Å². The summed E-state index contributed by atoms with van der Waals surface area (Å²) in [7, 11) is 0. The van der Waals surface area contributed by atoms with E-state index < -0.39 is 42.6 Å². The monoisotopic (exact) mass is 423 g/mol. The van der Waals surface area contributed by atoms with Crippen molar-refractivity contribution in [2.75, 3.05) is 5.32 Å². The van der Waals surface area contributed by atoms with Gasteiger partial charge in [-0.25, -0.2) is 4.98 Å². The van der Waals surface area contributed by atoms with Crippen LogP contribution in [0.2, 0.25) is 5.02 Å². The zero-order valence-electron chi connectivity index (χ0n) is 13.3. The number of aromatic nitrogens is 1. The lowest BCUT2D eigenvalue weighted by molar-refractivity contribution is -0.394. The third-order valence-corrected chi connectivity index (χ3v) is 4.82. The molecule has 12 nitrogen and oxygen atoms in total. The molecule has 0 bridgehead atoms. The molecule has 28 heavy (non-hydrogen) atoms. The van der Waals surface area contributed by atoms with E-state index in [0.29, 0.717) is 16.3 Å². The van der Waals surface area contributed by atoms with Gasteiger partial charge in [0.15, 0.2) is 5.13 Å². The Bertz CT molecular complexity index is 1180. The SMILES string of the molecule is O=C(Nc1nc2ccc([N+](=O)[O-])cc2s1)c1cc([N+](=O)[O-])cc([N+](=O)[O-])c1Cl. The number of hydrogen-bond donors (Lipinski definition) is 1. The van der Waals surface area contributed by atoms with Crippen molar-refractivity contribution in [1.29, 1.82) is 0 Å². The summed E-state index contributed by atoms with van der Waals surface area (Å²) in [5.74, 6) is -0.953. The van der Waals surface area contributed by atoms with E-state index in [9.17, 15) is 35.1 Å². The molecule has 0 saturated heterocycles. The van der Waals surface area contributed by atoms with Gasteiger partial charge >= 0.3 is 0 Å². The van der Waals surface area contributed by atoms with Gasteiger partial charge in [-0.1, -0.05) is 22.9 Å². The van der Waals surface area contributed by atoms with Crippen molar-refractivity contribution >= 4 is 61.3 Å². The lowest BCUT2D eigenvalue weighted by atomic mass is 10.1. The fraction of sp³-hybridized carbons (Fsp3) is 0. The lowest BCUT2D eigenvalue weighted by Crippen LogP contribution is -2.13. The van der Waals surface area contributed by atoms with E-state index in [1.807, 2.05) is 0 Å². The molecule has 0 aliphatic heterocycles. The Balaban J connectivity index is 1.99. The zero-order valence-corrected chi connectivity index (χ0v) is 14.9. The van der Waals surface area contributed by atoms with Crippen molar-refractivity contribution in [1.82, 2.24) is 4.98 Å². The van der Waals surface area contributed by atoms with Crippen LogP contribution in [-0.2, 0) is 0 Å². The number of amides is 1. The summed E-state index contributed by atoms with van der Waals surface area (Å²) in [4.78, 5) is 46.9. The first kappa shape index (κ1) is 19.1. The number of non-ortho nitro benzene ring substituents is 2. The Morgan fingerprint density at radius 1 is 1.00 bits per heavy atom. The standard InChI is InChI=1S/C14H6ClN5O7S/c15-12-8(3-7(19(24)25)4-10(12)20(26)27)13(21)17-14-16-9-2-1-6(18(22)23)5-11(9)28-14/h1-5H,(H,16,17,21). The first-order valence-corrected chi connectivity index (χ1v) is 8.35. The molecule has 142 valence electrons. The molecule has 1 amide bonds. The molecule has 14 heteroatoms. The van der Waals surface area contributed by atoms with Gasteiger partial charge in [-0.2, -0.15) is 0 Å². The number of hydrogen-bond acceptors (Lipinski definition) is 9. The summed E-state index contributed by atoms with van der Waals surface area (Å²) in [6.07, 6.45) is 0. The number of thiazole rings is 1. The van der Waals surface area contributed by atoms with E-state index in [0.717, 1.165) is 17.4 Å². The van der Waals surface area contributed by atoms with Crippen LogP contribution in [0.25, 0.3) is 10.2 Å². The minimum Gasteiger partial charge on any atom is -0.298 e. The molecule has 2 aromatic carbocycles. The van der Waals surface area contributed by atoms with Crippen LogP contribution in [0.4, 0.5) is 22.2 Å². The number of carbonyl (C=O) groups is 1. The average Bonchev–Trinajstić information content (AvgIpc) is 3.02. The molecule has 0 atom stereocenters. The number of nitro groups is 3. The van der Waals surface area contributed by atoms with Crippen LogP contribution < -0.4 is 5.32 Å². The topological polar surface area (TPSA) is 171 Å². The smallest absolute Gasteiger partial charge is 0.295 e. The highest BCUT2D eigenvalue weighted by Crippen LogP contribution is 2.34. The quantitative estimate of drug-likeness (QED) is 0.474. The van der Waals surface area contributed by atoms with Gasteiger partial charge in [0.25, 0.3) is 23.0 Å². The van der Waals surface area contributed by atoms with E-state index in [4.69, 9.17) is 11.6 Å². The maximum Gasteiger partial charge on any atom is 0.295 e. The molecular formula is C14H6ClN5O7S. The number of anilines is 1. The van der Waals surface area contributed by atoms with E-state index in [1.54, 1.807) is 0 Å². The van der Waals surface area contributed by atoms with Crippen LogP contribution in [0.1, 0.15) is 10.4 Å². The van der Waals surface area contributed by atoms with Crippen LogP contribution in [0.5, 0.6) is 0 Å². The van der Waals surface area contributed by atoms with Crippen LogP contribution in [0.15, 0.2) is 30.3 Å². The minimum absolute atomic E-state index is 0.0331. The maximum absolute atomic E-state index is 12.5. The van der Waals surface area contributed by atoms with Crippen LogP contribution in [0.3, 0.4) is 0 Å². The second-order valence-corrected chi connectivity index (χ2v) is 6.63. The predicted octanol–water partition coefficient (Wildman–Crippen LogP) is 3.93. The second-order valence-electron chi connectivity index (χ2n) is 5.22. The molecule has 3 aromatic rings. The summed E-state index contributed by atoms with van der Waals surface area (Å²) < 4.78 is 0.417. The summed E-state index contributed by atoms with van der Waals surface area (Å²) in [5, 5.41) is 34.6. The molecule has 0 spiro atoms. The average molecular weight is 424 g/mol. The second kappa shape index (κ2) is 7.13. The number of rotatable bonds is 5. The van der Waals surface area contributed by atoms with E-state index in [1.165, 1.54) is 18.2 Å². The van der Waals surface area contributed by atoms with Crippen molar-refractivity contribution in [3.8, 4) is 0 Å². The van der Waals surface area contributed by atoms with Gasteiger partial charge in [-0.3, -0.25) is 40.5 Å². The number of benzene rings is 2. The highest BCUT2D eigenvalue weighted by atomic mass is 35.5. The maximum atomic E-state index is 12.5. The summed E-state index contributed by atoms with van der Waals surface area (Å²) in [6.45, 7) is 0. The Hall–Kier alpha value is -3.71. The number of halogens is 1. The fourth-order valence-corrected chi connectivity index (χ4v) is 3.40. The Morgan fingerprint density at radius 2 is 1.68 bits per heavy atom. The van der Waals surface area contributed by atoms with E-state index >= 15 is 0 Å². The van der Waals surface area contributed by atoms with Crippen molar-refractivity contribution in [3.05, 3.63) is 71.3 Å².